The van der Waals surface area contributed by atoms with E-state index in [0.29, 0.717) is 17.6 Å². The fourth-order valence-corrected chi connectivity index (χ4v) is 1.31. The van der Waals surface area contributed by atoms with Gasteiger partial charge in [0.1, 0.15) is 11.6 Å². The first kappa shape index (κ1) is 13.0. The molecule has 1 heterocycles. The molecule has 100 valence electrons. The van der Waals surface area contributed by atoms with Gasteiger partial charge in [-0.15, -0.1) is 0 Å². The van der Waals surface area contributed by atoms with Crippen LogP contribution in [0.2, 0.25) is 0 Å². The van der Waals surface area contributed by atoms with E-state index in [9.17, 15) is 4.39 Å². The smallest absolute Gasteiger partial charge is 0.328 e. The first-order valence-corrected chi connectivity index (χ1v) is 5.63. The number of nitrogens with one attached hydrogen (secondary N) is 1. The van der Waals surface area contributed by atoms with Crippen molar-refractivity contribution in [2.24, 2.45) is 0 Å². The van der Waals surface area contributed by atoms with Gasteiger partial charge in [0.2, 0.25) is 11.9 Å². The van der Waals surface area contributed by atoms with E-state index in [2.05, 4.69) is 20.3 Å². The van der Waals surface area contributed by atoms with Crippen molar-refractivity contribution in [2.75, 3.05) is 31.4 Å². The van der Waals surface area contributed by atoms with Crippen LogP contribution >= 0.6 is 0 Å². The average Bonchev–Trinajstić information content (AvgIpc) is 2.41. The van der Waals surface area contributed by atoms with Gasteiger partial charge in [-0.05, 0) is 24.3 Å². The van der Waals surface area contributed by atoms with Crippen LogP contribution < -0.4 is 15.0 Å². The van der Waals surface area contributed by atoms with Gasteiger partial charge in [-0.3, -0.25) is 0 Å². The van der Waals surface area contributed by atoms with Crippen molar-refractivity contribution in [2.45, 2.75) is 0 Å². The maximum absolute atomic E-state index is 12.8. The molecule has 1 aromatic carbocycles. The Bertz CT molecular complexity index is 559. The predicted octanol–water partition coefficient (Wildman–Crippen LogP) is 1.91. The van der Waals surface area contributed by atoms with Crippen LogP contribution in [0.25, 0.3) is 0 Å². The zero-order chi connectivity index (χ0) is 13.8. The summed E-state index contributed by atoms with van der Waals surface area (Å²) < 4.78 is 18.3. The Labute approximate surface area is 110 Å². The van der Waals surface area contributed by atoms with Crippen LogP contribution in [-0.4, -0.2) is 36.1 Å². The Morgan fingerprint density at radius 3 is 2.37 bits per heavy atom. The minimum absolute atomic E-state index is 0.148. The second kappa shape index (κ2) is 5.47. The highest BCUT2D eigenvalue weighted by Gasteiger charge is 2.09. The summed E-state index contributed by atoms with van der Waals surface area (Å²) in [4.78, 5) is 14.1. The van der Waals surface area contributed by atoms with Crippen molar-refractivity contribution < 1.29 is 9.13 Å². The molecule has 6 nitrogen and oxygen atoms in total. The van der Waals surface area contributed by atoms with Gasteiger partial charge < -0.3 is 15.0 Å². The largest absolute Gasteiger partial charge is 0.424 e. The van der Waals surface area contributed by atoms with Gasteiger partial charge >= 0.3 is 6.01 Å². The Morgan fingerprint density at radius 1 is 1.11 bits per heavy atom. The average molecular weight is 263 g/mol. The van der Waals surface area contributed by atoms with Crippen molar-refractivity contribution in [3.63, 3.8) is 0 Å². The number of nitrogens with zero attached hydrogens (tertiary/aromatic N) is 4. The van der Waals surface area contributed by atoms with E-state index in [0.717, 1.165) is 0 Å². The van der Waals surface area contributed by atoms with Gasteiger partial charge in [-0.25, -0.2) is 4.39 Å². The maximum atomic E-state index is 12.8. The number of halogens is 1. The van der Waals surface area contributed by atoms with E-state index >= 15 is 0 Å². The fourth-order valence-electron chi connectivity index (χ4n) is 1.31. The van der Waals surface area contributed by atoms with Crippen molar-refractivity contribution >= 4 is 11.9 Å². The number of rotatable bonds is 4. The topological polar surface area (TPSA) is 63.2 Å². The zero-order valence-electron chi connectivity index (χ0n) is 10.9. The van der Waals surface area contributed by atoms with Crippen molar-refractivity contribution in [1.29, 1.82) is 0 Å². The maximum Gasteiger partial charge on any atom is 0.328 e. The number of benzene rings is 1. The van der Waals surface area contributed by atoms with Gasteiger partial charge in [0.15, 0.2) is 0 Å². The van der Waals surface area contributed by atoms with E-state index < -0.39 is 0 Å². The molecule has 0 atom stereocenters. The lowest BCUT2D eigenvalue weighted by atomic mass is 10.3. The molecule has 0 radical (unpaired) electrons. The molecule has 0 saturated carbocycles. The van der Waals surface area contributed by atoms with E-state index in [-0.39, 0.29) is 11.8 Å². The summed E-state index contributed by atoms with van der Waals surface area (Å²) in [6.45, 7) is 0. The lowest BCUT2D eigenvalue weighted by Gasteiger charge is -2.12. The molecule has 0 amide bonds. The van der Waals surface area contributed by atoms with Crippen LogP contribution in [0.4, 0.5) is 16.3 Å². The van der Waals surface area contributed by atoms with E-state index in [1.807, 2.05) is 14.1 Å². The minimum Gasteiger partial charge on any atom is -0.424 e. The summed E-state index contributed by atoms with van der Waals surface area (Å²) in [7, 11) is 5.34. The SMILES string of the molecule is CNc1nc(Oc2ccc(F)cc2)nc(N(C)C)n1. The van der Waals surface area contributed by atoms with Crippen molar-refractivity contribution in [3.8, 4) is 11.8 Å². The Morgan fingerprint density at radius 2 is 1.79 bits per heavy atom. The molecule has 0 unspecified atom stereocenters. The molecule has 19 heavy (non-hydrogen) atoms. The lowest BCUT2D eigenvalue weighted by molar-refractivity contribution is 0.439. The van der Waals surface area contributed by atoms with Crippen LogP contribution in [0.5, 0.6) is 11.8 Å². The molecule has 2 rings (SSSR count). The summed E-state index contributed by atoms with van der Waals surface area (Å²) >= 11 is 0. The van der Waals surface area contributed by atoms with Crippen LogP contribution in [-0.2, 0) is 0 Å². The highest BCUT2D eigenvalue weighted by molar-refractivity contribution is 5.37. The normalized spacial score (nSPS) is 10.1. The first-order chi connectivity index (χ1) is 9.08. The number of anilines is 2. The van der Waals surface area contributed by atoms with E-state index in [1.165, 1.54) is 24.3 Å². The summed E-state index contributed by atoms with van der Waals surface area (Å²) in [5.41, 5.74) is 0. The molecule has 0 fully saturated rings. The zero-order valence-corrected chi connectivity index (χ0v) is 10.9. The molecule has 1 N–H and O–H groups in total. The third kappa shape index (κ3) is 3.27. The van der Waals surface area contributed by atoms with Gasteiger partial charge in [-0.2, -0.15) is 15.0 Å². The third-order valence-electron chi connectivity index (χ3n) is 2.25. The predicted molar refractivity (Wildman–Crippen MR) is 70.2 cm³/mol. The molecule has 0 aliphatic heterocycles. The monoisotopic (exact) mass is 263 g/mol. The third-order valence-corrected chi connectivity index (χ3v) is 2.25. The van der Waals surface area contributed by atoms with Crippen LogP contribution in [0.15, 0.2) is 24.3 Å². The molecular weight excluding hydrogens is 249 g/mol. The molecule has 0 saturated heterocycles. The molecule has 0 bridgehead atoms. The molecule has 2 aromatic rings. The number of ether oxygens (including phenoxy) is 1. The Balaban J connectivity index is 2.28. The van der Waals surface area contributed by atoms with Gasteiger partial charge in [0.25, 0.3) is 0 Å². The standard InChI is InChI=1S/C12H14FN5O/c1-14-10-15-11(18(2)3)17-12(16-10)19-9-6-4-8(13)5-7-9/h4-7H,1-3H3,(H,14,15,16,17). The molecule has 0 aliphatic carbocycles. The van der Waals surface area contributed by atoms with Gasteiger partial charge in [-0.1, -0.05) is 0 Å². The lowest BCUT2D eigenvalue weighted by Crippen LogP contribution is -2.15. The van der Waals surface area contributed by atoms with Crippen molar-refractivity contribution in [1.82, 2.24) is 15.0 Å². The highest BCUT2D eigenvalue weighted by atomic mass is 19.1. The fraction of sp³-hybridized carbons (Fsp3) is 0.250. The van der Waals surface area contributed by atoms with Crippen LogP contribution in [0.1, 0.15) is 0 Å². The van der Waals surface area contributed by atoms with Gasteiger partial charge in [0.05, 0.1) is 0 Å². The van der Waals surface area contributed by atoms with Crippen LogP contribution in [0.3, 0.4) is 0 Å². The summed E-state index contributed by atoms with van der Waals surface area (Å²) in [5.74, 6) is 1.000. The van der Waals surface area contributed by atoms with Crippen LogP contribution in [0, 0.1) is 5.82 Å². The second-order valence-corrected chi connectivity index (χ2v) is 3.94. The summed E-state index contributed by atoms with van der Waals surface area (Å²) in [6.07, 6.45) is 0. The molecular formula is C12H14FN5O. The van der Waals surface area contributed by atoms with Gasteiger partial charge in [0, 0.05) is 21.1 Å². The van der Waals surface area contributed by atoms with E-state index in [1.54, 1.807) is 11.9 Å². The highest BCUT2D eigenvalue weighted by Crippen LogP contribution is 2.20. The van der Waals surface area contributed by atoms with E-state index in [4.69, 9.17) is 4.74 Å². The van der Waals surface area contributed by atoms with Crippen molar-refractivity contribution in [3.05, 3.63) is 30.1 Å². The number of hydrogen-bond acceptors (Lipinski definition) is 6. The Hall–Kier alpha value is -2.44. The quantitative estimate of drug-likeness (QED) is 0.909. The minimum atomic E-state index is -0.326. The Kier molecular flexibility index (Phi) is 3.74. The summed E-state index contributed by atoms with van der Waals surface area (Å²) in [6, 6.07) is 5.78. The molecule has 1 aromatic heterocycles. The molecule has 7 heteroatoms. The first-order valence-electron chi connectivity index (χ1n) is 5.63. The molecule has 0 aliphatic rings. The second-order valence-electron chi connectivity index (χ2n) is 3.94. The number of aromatic nitrogens is 3. The summed E-state index contributed by atoms with van der Waals surface area (Å²) in [5, 5.41) is 2.83. The molecule has 0 spiro atoms. The number of hydrogen-bond donors (Lipinski definition) is 1.